The minimum atomic E-state index is -1.16. The average molecular weight is 422 g/mol. The van der Waals surface area contributed by atoms with Crippen LogP contribution >= 0.6 is 0 Å². The first kappa shape index (κ1) is 20.7. The maximum atomic E-state index is 13.0. The lowest BCUT2D eigenvalue weighted by molar-refractivity contribution is -0.139. The SMILES string of the molecule is COc1cccc(N2CCN(C(=O)CN3C(=O)N[C@](C)(c4ccccc4)C3=O)CC2)c1. The van der Waals surface area contributed by atoms with Gasteiger partial charge in [-0.25, -0.2) is 4.79 Å². The average Bonchev–Trinajstić information content (AvgIpc) is 3.03. The molecular formula is C23H26N4O4. The Bertz CT molecular complexity index is 988. The van der Waals surface area contributed by atoms with Crippen LogP contribution in [-0.4, -0.2) is 67.5 Å². The van der Waals surface area contributed by atoms with Gasteiger partial charge >= 0.3 is 6.03 Å². The van der Waals surface area contributed by atoms with Crippen LogP contribution in [0.4, 0.5) is 10.5 Å². The predicted molar refractivity (Wildman–Crippen MR) is 116 cm³/mol. The second kappa shape index (κ2) is 8.29. The van der Waals surface area contributed by atoms with Crippen molar-refractivity contribution in [2.45, 2.75) is 12.5 Å². The topological polar surface area (TPSA) is 82.2 Å². The van der Waals surface area contributed by atoms with Crippen molar-refractivity contribution in [2.24, 2.45) is 0 Å². The summed E-state index contributed by atoms with van der Waals surface area (Å²) in [6.07, 6.45) is 0. The van der Waals surface area contributed by atoms with Crippen molar-refractivity contribution < 1.29 is 19.1 Å². The minimum absolute atomic E-state index is 0.230. The van der Waals surface area contributed by atoms with Gasteiger partial charge in [0, 0.05) is 37.9 Å². The van der Waals surface area contributed by atoms with Gasteiger partial charge in [0.25, 0.3) is 5.91 Å². The molecule has 0 saturated carbocycles. The van der Waals surface area contributed by atoms with Gasteiger partial charge < -0.3 is 19.9 Å². The van der Waals surface area contributed by atoms with Gasteiger partial charge in [-0.2, -0.15) is 0 Å². The third-order valence-electron chi connectivity index (χ3n) is 5.97. The van der Waals surface area contributed by atoms with E-state index in [0.29, 0.717) is 31.7 Å². The van der Waals surface area contributed by atoms with Gasteiger partial charge in [-0.05, 0) is 24.6 Å². The molecule has 2 fully saturated rings. The number of methoxy groups -OCH3 is 1. The van der Waals surface area contributed by atoms with Crippen LogP contribution < -0.4 is 15.0 Å². The van der Waals surface area contributed by atoms with E-state index < -0.39 is 17.5 Å². The Kier molecular flexibility index (Phi) is 5.54. The number of carbonyl (C=O) groups excluding carboxylic acids is 3. The fourth-order valence-electron chi connectivity index (χ4n) is 4.06. The molecule has 2 saturated heterocycles. The quantitative estimate of drug-likeness (QED) is 0.744. The molecule has 8 nitrogen and oxygen atoms in total. The molecule has 2 heterocycles. The molecule has 2 aromatic rings. The first-order valence-corrected chi connectivity index (χ1v) is 10.3. The third kappa shape index (κ3) is 3.93. The summed E-state index contributed by atoms with van der Waals surface area (Å²) in [4.78, 5) is 43.3. The number of piperazine rings is 1. The molecule has 31 heavy (non-hydrogen) atoms. The van der Waals surface area contributed by atoms with E-state index in [2.05, 4.69) is 10.2 Å². The Labute approximate surface area is 181 Å². The smallest absolute Gasteiger partial charge is 0.325 e. The molecule has 162 valence electrons. The van der Waals surface area contributed by atoms with Crippen molar-refractivity contribution in [1.82, 2.24) is 15.1 Å². The zero-order chi connectivity index (χ0) is 22.0. The van der Waals surface area contributed by atoms with Crippen molar-refractivity contribution >= 4 is 23.5 Å². The Morgan fingerprint density at radius 1 is 1.03 bits per heavy atom. The van der Waals surface area contributed by atoms with Crippen LogP contribution in [-0.2, 0) is 15.1 Å². The maximum Gasteiger partial charge on any atom is 0.325 e. The van der Waals surface area contributed by atoms with Crippen molar-refractivity contribution in [3.05, 3.63) is 60.2 Å². The summed E-state index contributed by atoms with van der Waals surface area (Å²) in [6.45, 7) is 3.79. The van der Waals surface area contributed by atoms with Crippen molar-refractivity contribution in [1.29, 1.82) is 0 Å². The summed E-state index contributed by atoms with van der Waals surface area (Å²) in [5.74, 6) is 0.147. The molecular weight excluding hydrogens is 396 g/mol. The Morgan fingerprint density at radius 3 is 2.42 bits per heavy atom. The summed E-state index contributed by atoms with van der Waals surface area (Å²) in [5.41, 5.74) is 0.568. The summed E-state index contributed by atoms with van der Waals surface area (Å²) < 4.78 is 5.28. The monoisotopic (exact) mass is 422 g/mol. The molecule has 0 aromatic heterocycles. The molecule has 2 aromatic carbocycles. The molecule has 4 amide bonds. The number of ether oxygens (including phenoxy) is 1. The molecule has 1 N–H and O–H groups in total. The lowest BCUT2D eigenvalue weighted by Gasteiger charge is -2.36. The summed E-state index contributed by atoms with van der Waals surface area (Å²) in [6, 6.07) is 16.3. The zero-order valence-corrected chi connectivity index (χ0v) is 17.7. The lowest BCUT2D eigenvalue weighted by Crippen LogP contribution is -2.52. The van der Waals surface area contributed by atoms with Gasteiger partial charge in [0.2, 0.25) is 5.91 Å². The fourth-order valence-corrected chi connectivity index (χ4v) is 4.06. The highest BCUT2D eigenvalue weighted by Crippen LogP contribution is 2.28. The number of carbonyl (C=O) groups is 3. The molecule has 0 radical (unpaired) electrons. The number of amides is 4. The van der Waals surface area contributed by atoms with E-state index in [0.717, 1.165) is 16.3 Å². The van der Waals surface area contributed by atoms with Crippen LogP contribution in [0.5, 0.6) is 5.75 Å². The summed E-state index contributed by atoms with van der Waals surface area (Å²) in [7, 11) is 1.63. The number of nitrogens with zero attached hydrogens (tertiary/aromatic N) is 3. The first-order valence-electron chi connectivity index (χ1n) is 10.3. The number of nitrogens with one attached hydrogen (secondary N) is 1. The van der Waals surface area contributed by atoms with Gasteiger partial charge in [0.15, 0.2) is 0 Å². The Hall–Kier alpha value is -3.55. The van der Waals surface area contributed by atoms with E-state index in [1.165, 1.54) is 0 Å². The minimum Gasteiger partial charge on any atom is -0.497 e. The molecule has 0 unspecified atom stereocenters. The number of anilines is 1. The van der Waals surface area contributed by atoms with E-state index >= 15 is 0 Å². The van der Waals surface area contributed by atoms with E-state index in [1.54, 1.807) is 31.1 Å². The molecule has 2 aliphatic heterocycles. The molecule has 8 heteroatoms. The van der Waals surface area contributed by atoms with Crippen LogP contribution in [0.3, 0.4) is 0 Å². The van der Waals surface area contributed by atoms with E-state index in [4.69, 9.17) is 4.74 Å². The Morgan fingerprint density at radius 2 is 1.74 bits per heavy atom. The molecule has 4 rings (SSSR count). The lowest BCUT2D eigenvalue weighted by atomic mass is 9.92. The summed E-state index contributed by atoms with van der Waals surface area (Å²) >= 11 is 0. The van der Waals surface area contributed by atoms with E-state index in [9.17, 15) is 14.4 Å². The zero-order valence-electron chi connectivity index (χ0n) is 17.7. The van der Waals surface area contributed by atoms with E-state index in [-0.39, 0.29) is 12.5 Å². The van der Waals surface area contributed by atoms with Crippen LogP contribution in [0.2, 0.25) is 0 Å². The van der Waals surface area contributed by atoms with Gasteiger partial charge in [-0.15, -0.1) is 0 Å². The van der Waals surface area contributed by atoms with Gasteiger partial charge in [0.05, 0.1) is 7.11 Å². The van der Waals surface area contributed by atoms with Gasteiger partial charge in [0.1, 0.15) is 17.8 Å². The van der Waals surface area contributed by atoms with Crippen LogP contribution in [0, 0.1) is 0 Å². The Balaban J connectivity index is 1.38. The highest BCUT2D eigenvalue weighted by molar-refractivity contribution is 6.09. The maximum absolute atomic E-state index is 13.0. The normalized spacial score (nSPS) is 21.3. The van der Waals surface area contributed by atoms with Crippen LogP contribution in [0.25, 0.3) is 0 Å². The molecule has 0 bridgehead atoms. The van der Waals surface area contributed by atoms with Crippen molar-refractivity contribution in [3.63, 3.8) is 0 Å². The standard InChI is InChI=1S/C23H26N4O4/c1-23(17-7-4-3-5-8-17)21(29)27(22(30)24-23)16-20(28)26-13-11-25(12-14-26)18-9-6-10-19(15-18)31-2/h3-10,15H,11-14,16H2,1-2H3,(H,24,30)/t23-/m1/s1. The number of rotatable bonds is 5. The second-order valence-corrected chi connectivity index (χ2v) is 7.88. The van der Waals surface area contributed by atoms with Gasteiger partial charge in [-0.1, -0.05) is 36.4 Å². The highest BCUT2D eigenvalue weighted by atomic mass is 16.5. The van der Waals surface area contributed by atoms with Crippen LogP contribution in [0.15, 0.2) is 54.6 Å². The number of benzene rings is 2. The molecule has 0 spiro atoms. The number of imide groups is 1. The second-order valence-electron chi connectivity index (χ2n) is 7.88. The summed E-state index contributed by atoms with van der Waals surface area (Å²) in [5, 5.41) is 2.74. The van der Waals surface area contributed by atoms with E-state index in [1.807, 2.05) is 42.5 Å². The van der Waals surface area contributed by atoms with Gasteiger partial charge in [-0.3, -0.25) is 14.5 Å². The number of urea groups is 1. The van der Waals surface area contributed by atoms with Crippen molar-refractivity contribution in [3.8, 4) is 5.75 Å². The first-order chi connectivity index (χ1) is 14.9. The van der Waals surface area contributed by atoms with Crippen LogP contribution in [0.1, 0.15) is 12.5 Å². The largest absolute Gasteiger partial charge is 0.497 e. The molecule has 0 aliphatic carbocycles. The predicted octanol–water partition coefficient (Wildman–Crippen LogP) is 1.81. The number of hydrogen-bond donors (Lipinski definition) is 1. The molecule has 2 aliphatic rings. The third-order valence-corrected chi connectivity index (χ3v) is 5.97. The highest BCUT2D eigenvalue weighted by Gasteiger charge is 2.49. The van der Waals surface area contributed by atoms with Crippen molar-refractivity contribution in [2.75, 3.05) is 44.7 Å². The molecule has 1 atom stereocenters. The fraction of sp³-hybridized carbons (Fsp3) is 0.348. The number of hydrogen-bond acceptors (Lipinski definition) is 5.